The van der Waals surface area contributed by atoms with Crippen molar-refractivity contribution >= 4 is 22.6 Å². The van der Waals surface area contributed by atoms with Crippen molar-refractivity contribution in [1.82, 2.24) is 10.2 Å². The van der Waals surface area contributed by atoms with E-state index < -0.39 is 0 Å². The molecular formula is C20H22N2O3. The fourth-order valence-electron chi connectivity index (χ4n) is 3.39. The zero-order chi connectivity index (χ0) is 17.2. The molecule has 0 unspecified atom stereocenters. The average Bonchev–Trinajstić information content (AvgIpc) is 3.40. The number of amides is 2. The first kappa shape index (κ1) is 15.9. The van der Waals surface area contributed by atoms with Crippen molar-refractivity contribution in [2.45, 2.75) is 25.3 Å². The van der Waals surface area contributed by atoms with Gasteiger partial charge in [0.1, 0.15) is 12.4 Å². The molecule has 4 rings (SSSR count). The lowest BCUT2D eigenvalue weighted by atomic mass is 10.1. The molecule has 1 aliphatic heterocycles. The Labute approximate surface area is 146 Å². The maximum atomic E-state index is 12.2. The molecule has 1 N–H and O–H groups in total. The highest BCUT2D eigenvalue weighted by Gasteiger charge is 2.41. The standard InChI is InChI=1S/C20H22N2O3/c23-19-12-16(13-22(19)17-6-7-17)20(24)21-9-10-25-18-8-5-14-3-1-2-4-15(14)11-18/h1-5,8,11,16-17H,6-7,9-10,12-13H2,(H,21,24)/t16-/m1/s1. The van der Waals surface area contributed by atoms with Crippen LogP contribution in [0.5, 0.6) is 5.75 Å². The van der Waals surface area contributed by atoms with Gasteiger partial charge in [0.15, 0.2) is 0 Å². The fraction of sp³-hybridized carbons (Fsp3) is 0.400. The molecule has 2 aromatic rings. The normalized spacial score (nSPS) is 20.1. The number of benzene rings is 2. The molecule has 5 heteroatoms. The van der Waals surface area contributed by atoms with Gasteiger partial charge in [-0.1, -0.05) is 30.3 Å². The smallest absolute Gasteiger partial charge is 0.225 e. The van der Waals surface area contributed by atoms with Crippen LogP contribution < -0.4 is 10.1 Å². The van der Waals surface area contributed by atoms with E-state index in [0.717, 1.165) is 24.0 Å². The summed E-state index contributed by atoms with van der Waals surface area (Å²) in [6.45, 7) is 1.43. The molecule has 2 fully saturated rings. The van der Waals surface area contributed by atoms with Gasteiger partial charge in [0.25, 0.3) is 0 Å². The molecule has 0 aromatic heterocycles. The summed E-state index contributed by atoms with van der Waals surface area (Å²) in [6.07, 6.45) is 2.51. The van der Waals surface area contributed by atoms with E-state index in [0.29, 0.717) is 32.2 Å². The van der Waals surface area contributed by atoms with E-state index in [4.69, 9.17) is 4.74 Å². The van der Waals surface area contributed by atoms with Crippen LogP contribution in [-0.2, 0) is 9.59 Å². The number of hydrogen-bond donors (Lipinski definition) is 1. The fourth-order valence-corrected chi connectivity index (χ4v) is 3.39. The van der Waals surface area contributed by atoms with Crippen LogP contribution in [0.4, 0.5) is 0 Å². The molecule has 5 nitrogen and oxygen atoms in total. The minimum absolute atomic E-state index is 0.0430. The van der Waals surface area contributed by atoms with Gasteiger partial charge in [0, 0.05) is 19.0 Å². The Morgan fingerprint density at radius 1 is 1.16 bits per heavy atom. The highest BCUT2D eigenvalue weighted by molar-refractivity contribution is 5.89. The van der Waals surface area contributed by atoms with E-state index in [1.807, 2.05) is 41.3 Å². The second kappa shape index (κ2) is 6.75. The lowest BCUT2D eigenvalue weighted by molar-refractivity contribution is -0.129. The van der Waals surface area contributed by atoms with E-state index in [9.17, 15) is 9.59 Å². The summed E-state index contributed by atoms with van der Waals surface area (Å²) in [5.74, 6) is 0.659. The van der Waals surface area contributed by atoms with E-state index in [-0.39, 0.29) is 17.7 Å². The summed E-state index contributed by atoms with van der Waals surface area (Å²) < 4.78 is 5.73. The number of rotatable bonds is 6. The van der Waals surface area contributed by atoms with Gasteiger partial charge in [-0.15, -0.1) is 0 Å². The van der Waals surface area contributed by atoms with Crippen molar-refractivity contribution in [3.05, 3.63) is 42.5 Å². The molecule has 2 aromatic carbocycles. The summed E-state index contributed by atoms with van der Waals surface area (Å²) in [6, 6.07) is 14.5. The first-order valence-electron chi connectivity index (χ1n) is 8.89. The van der Waals surface area contributed by atoms with Crippen molar-refractivity contribution in [3.8, 4) is 5.75 Å². The van der Waals surface area contributed by atoms with Crippen molar-refractivity contribution < 1.29 is 14.3 Å². The lowest BCUT2D eigenvalue weighted by Gasteiger charge is -2.15. The van der Waals surface area contributed by atoms with Crippen LogP contribution in [0.2, 0.25) is 0 Å². The van der Waals surface area contributed by atoms with Gasteiger partial charge in [-0.3, -0.25) is 9.59 Å². The van der Waals surface area contributed by atoms with Gasteiger partial charge < -0.3 is 15.0 Å². The molecule has 25 heavy (non-hydrogen) atoms. The predicted molar refractivity (Wildman–Crippen MR) is 95.3 cm³/mol. The molecule has 2 aliphatic rings. The van der Waals surface area contributed by atoms with Crippen LogP contribution in [0.25, 0.3) is 10.8 Å². The van der Waals surface area contributed by atoms with Crippen LogP contribution in [0.15, 0.2) is 42.5 Å². The Bertz CT molecular complexity index is 800. The minimum Gasteiger partial charge on any atom is -0.492 e. The monoisotopic (exact) mass is 338 g/mol. The Hall–Kier alpha value is -2.56. The Morgan fingerprint density at radius 3 is 2.76 bits per heavy atom. The summed E-state index contributed by atoms with van der Waals surface area (Å²) in [7, 11) is 0. The SMILES string of the molecule is O=C(NCCOc1ccc2ccccc2c1)[C@@H]1CC(=O)N(C2CC2)C1. The summed E-state index contributed by atoms with van der Waals surface area (Å²) in [4.78, 5) is 26.0. The third-order valence-electron chi connectivity index (χ3n) is 4.91. The minimum atomic E-state index is -0.214. The second-order valence-electron chi connectivity index (χ2n) is 6.83. The summed E-state index contributed by atoms with van der Waals surface area (Å²) >= 11 is 0. The third-order valence-corrected chi connectivity index (χ3v) is 4.91. The van der Waals surface area contributed by atoms with Crippen LogP contribution in [0.3, 0.4) is 0 Å². The number of nitrogens with one attached hydrogen (secondary N) is 1. The second-order valence-corrected chi connectivity index (χ2v) is 6.83. The maximum absolute atomic E-state index is 12.2. The first-order valence-corrected chi connectivity index (χ1v) is 8.89. The zero-order valence-corrected chi connectivity index (χ0v) is 14.1. The third kappa shape index (κ3) is 3.60. The van der Waals surface area contributed by atoms with E-state index in [1.54, 1.807) is 0 Å². The van der Waals surface area contributed by atoms with Crippen molar-refractivity contribution in [2.24, 2.45) is 5.92 Å². The van der Waals surface area contributed by atoms with Gasteiger partial charge in [0.05, 0.1) is 12.5 Å². The highest BCUT2D eigenvalue weighted by atomic mass is 16.5. The molecule has 1 saturated heterocycles. The van der Waals surface area contributed by atoms with Gasteiger partial charge in [-0.05, 0) is 35.7 Å². The Morgan fingerprint density at radius 2 is 1.96 bits per heavy atom. The van der Waals surface area contributed by atoms with Crippen LogP contribution >= 0.6 is 0 Å². The van der Waals surface area contributed by atoms with Crippen molar-refractivity contribution in [1.29, 1.82) is 0 Å². The lowest BCUT2D eigenvalue weighted by Crippen LogP contribution is -2.35. The number of carbonyl (C=O) groups excluding carboxylic acids is 2. The number of ether oxygens (including phenoxy) is 1. The molecule has 2 amide bonds. The zero-order valence-electron chi connectivity index (χ0n) is 14.1. The molecule has 0 radical (unpaired) electrons. The van der Waals surface area contributed by atoms with Gasteiger partial charge >= 0.3 is 0 Å². The molecule has 1 saturated carbocycles. The van der Waals surface area contributed by atoms with Crippen LogP contribution in [0.1, 0.15) is 19.3 Å². The molecular weight excluding hydrogens is 316 g/mol. The van der Waals surface area contributed by atoms with E-state index in [1.165, 1.54) is 5.39 Å². The first-order chi connectivity index (χ1) is 12.2. The number of carbonyl (C=O) groups is 2. The quantitative estimate of drug-likeness (QED) is 0.823. The highest BCUT2D eigenvalue weighted by Crippen LogP contribution is 2.32. The average molecular weight is 338 g/mol. The van der Waals surface area contributed by atoms with E-state index in [2.05, 4.69) is 11.4 Å². The van der Waals surface area contributed by atoms with E-state index >= 15 is 0 Å². The van der Waals surface area contributed by atoms with Crippen molar-refractivity contribution in [3.63, 3.8) is 0 Å². The van der Waals surface area contributed by atoms with Crippen LogP contribution in [-0.4, -0.2) is 42.5 Å². The van der Waals surface area contributed by atoms with Gasteiger partial charge in [-0.25, -0.2) is 0 Å². The molecule has 0 bridgehead atoms. The molecule has 1 atom stereocenters. The molecule has 0 spiro atoms. The van der Waals surface area contributed by atoms with Crippen molar-refractivity contribution in [2.75, 3.05) is 19.7 Å². The number of nitrogens with zero attached hydrogens (tertiary/aromatic N) is 1. The van der Waals surface area contributed by atoms with Gasteiger partial charge in [0.2, 0.25) is 11.8 Å². The van der Waals surface area contributed by atoms with Gasteiger partial charge in [-0.2, -0.15) is 0 Å². The predicted octanol–water partition coefficient (Wildman–Crippen LogP) is 2.35. The number of hydrogen-bond acceptors (Lipinski definition) is 3. The Kier molecular flexibility index (Phi) is 4.30. The number of likely N-dealkylation sites (tertiary alicyclic amines) is 1. The molecule has 130 valence electrons. The topological polar surface area (TPSA) is 58.6 Å². The maximum Gasteiger partial charge on any atom is 0.225 e. The summed E-state index contributed by atoms with van der Waals surface area (Å²) in [5.41, 5.74) is 0. The summed E-state index contributed by atoms with van der Waals surface area (Å²) in [5, 5.41) is 5.20. The molecule has 1 aliphatic carbocycles. The largest absolute Gasteiger partial charge is 0.492 e. The Balaban J connectivity index is 1.23. The molecule has 1 heterocycles. The van der Waals surface area contributed by atoms with Crippen LogP contribution in [0, 0.1) is 5.92 Å². The number of fused-ring (bicyclic) bond motifs is 1.